The van der Waals surface area contributed by atoms with Crippen LogP contribution in [-0.4, -0.2) is 80.9 Å². The van der Waals surface area contributed by atoms with Gasteiger partial charge in [0, 0.05) is 19.1 Å². The standard InChI is InChI=1S/C33H49IN2O5/c1-25(34)35-18-6-20-39-28-12-9-26(10-13-28)16-21-40-29-15-19-36(24-29)30-7-4-5-8-31(30)41-22-17-27-11-14-32(37-2)33(23-27)38-3/h9-14,23,25,29-31,35H,4-8,15-22,24H2,1-3H3/t25?,29-,30-,31-/m1/s1. The molecule has 1 saturated heterocycles. The largest absolute Gasteiger partial charge is 0.494 e. The molecule has 2 aromatic carbocycles. The molecule has 0 bridgehead atoms. The fourth-order valence-corrected chi connectivity index (χ4v) is 6.22. The maximum atomic E-state index is 6.50. The molecule has 8 heteroatoms. The van der Waals surface area contributed by atoms with Crippen molar-refractivity contribution in [3.63, 3.8) is 0 Å². The molecule has 0 spiro atoms. The molecule has 4 rings (SSSR count). The van der Waals surface area contributed by atoms with E-state index in [1.807, 2.05) is 6.07 Å². The number of rotatable bonds is 17. The van der Waals surface area contributed by atoms with E-state index in [1.165, 1.54) is 30.4 Å². The quantitative estimate of drug-likeness (QED) is 0.0946. The Bertz CT molecular complexity index is 1020. The molecule has 1 N–H and O–H groups in total. The Morgan fingerprint density at radius 1 is 0.878 bits per heavy atom. The van der Waals surface area contributed by atoms with Crippen LogP contribution < -0.4 is 19.5 Å². The van der Waals surface area contributed by atoms with Crippen LogP contribution in [0.15, 0.2) is 42.5 Å². The lowest BCUT2D eigenvalue weighted by atomic mass is 9.91. The molecule has 2 fully saturated rings. The predicted molar refractivity (Wildman–Crippen MR) is 173 cm³/mol. The Balaban J connectivity index is 1.14. The van der Waals surface area contributed by atoms with Gasteiger partial charge in [0.1, 0.15) is 5.75 Å². The summed E-state index contributed by atoms with van der Waals surface area (Å²) in [5, 5.41) is 3.41. The summed E-state index contributed by atoms with van der Waals surface area (Å²) in [5.74, 6) is 2.48. The third kappa shape index (κ3) is 10.6. The predicted octanol–water partition coefficient (Wildman–Crippen LogP) is 6.05. The highest BCUT2D eigenvalue weighted by molar-refractivity contribution is 14.1. The summed E-state index contributed by atoms with van der Waals surface area (Å²) in [6.45, 7) is 7.47. The SMILES string of the molecule is COc1ccc(CCO[C@@H]2CCCC[C@H]2N2CC[C@@H](OCCc3ccc(OCCCNC(C)I)cc3)C2)cc1OC. The van der Waals surface area contributed by atoms with Crippen molar-refractivity contribution >= 4 is 22.6 Å². The van der Waals surface area contributed by atoms with Crippen molar-refractivity contribution in [3.05, 3.63) is 53.6 Å². The van der Waals surface area contributed by atoms with Crippen LogP contribution in [0.5, 0.6) is 17.2 Å². The van der Waals surface area contributed by atoms with E-state index in [4.69, 9.17) is 23.7 Å². The molecular weight excluding hydrogens is 631 g/mol. The second kappa shape index (κ2) is 17.5. The average molecular weight is 681 g/mol. The Hall–Kier alpha value is -1.59. The molecule has 0 amide bonds. The fourth-order valence-electron chi connectivity index (χ4n) is 5.90. The molecule has 0 radical (unpaired) electrons. The fraction of sp³-hybridized carbons (Fsp3) is 0.636. The number of methoxy groups -OCH3 is 2. The monoisotopic (exact) mass is 680 g/mol. The minimum absolute atomic E-state index is 0.300. The van der Waals surface area contributed by atoms with Gasteiger partial charge in [-0.05, 0) is 87.4 Å². The first-order chi connectivity index (χ1) is 20.1. The van der Waals surface area contributed by atoms with E-state index in [9.17, 15) is 0 Å². The van der Waals surface area contributed by atoms with E-state index in [2.05, 4.69) is 76.1 Å². The van der Waals surface area contributed by atoms with Crippen LogP contribution >= 0.6 is 22.6 Å². The van der Waals surface area contributed by atoms with E-state index in [0.717, 1.165) is 88.8 Å². The average Bonchev–Trinajstić information content (AvgIpc) is 3.46. The second-order valence-electron chi connectivity index (χ2n) is 11.1. The van der Waals surface area contributed by atoms with Gasteiger partial charge in [-0.15, -0.1) is 0 Å². The van der Waals surface area contributed by atoms with E-state index < -0.39 is 0 Å². The highest BCUT2D eigenvalue weighted by Crippen LogP contribution is 2.30. The van der Waals surface area contributed by atoms with Crippen LogP contribution in [0, 0.1) is 0 Å². The number of hydrogen-bond donors (Lipinski definition) is 1. The van der Waals surface area contributed by atoms with E-state index in [-0.39, 0.29) is 0 Å². The van der Waals surface area contributed by atoms with Gasteiger partial charge in [0.05, 0.1) is 50.3 Å². The van der Waals surface area contributed by atoms with Gasteiger partial charge in [0.15, 0.2) is 11.5 Å². The molecule has 2 aliphatic rings. The lowest BCUT2D eigenvalue weighted by Gasteiger charge is -2.38. The van der Waals surface area contributed by atoms with Crippen molar-refractivity contribution in [2.45, 2.75) is 80.6 Å². The maximum Gasteiger partial charge on any atom is 0.160 e. The minimum atomic E-state index is 0.300. The van der Waals surface area contributed by atoms with E-state index >= 15 is 0 Å². The molecule has 4 atom stereocenters. The number of nitrogens with one attached hydrogen (secondary N) is 1. The van der Waals surface area contributed by atoms with E-state index in [1.54, 1.807) is 14.2 Å². The number of nitrogens with zero attached hydrogens (tertiary/aromatic N) is 1. The first-order valence-electron chi connectivity index (χ1n) is 15.3. The van der Waals surface area contributed by atoms with Crippen LogP contribution in [-0.2, 0) is 22.3 Å². The number of likely N-dealkylation sites (tertiary alicyclic amines) is 1. The lowest BCUT2D eigenvalue weighted by molar-refractivity contribution is -0.0343. The Morgan fingerprint density at radius 2 is 1.61 bits per heavy atom. The number of benzene rings is 2. The van der Waals surface area contributed by atoms with Crippen molar-refractivity contribution < 1.29 is 23.7 Å². The van der Waals surface area contributed by atoms with Crippen molar-refractivity contribution in [3.8, 4) is 17.2 Å². The lowest BCUT2D eigenvalue weighted by Crippen LogP contribution is -2.46. The minimum Gasteiger partial charge on any atom is -0.494 e. The molecule has 1 saturated carbocycles. The van der Waals surface area contributed by atoms with Gasteiger partial charge in [-0.3, -0.25) is 4.90 Å². The van der Waals surface area contributed by atoms with Crippen LogP contribution in [0.2, 0.25) is 0 Å². The molecule has 1 heterocycles. The highest BCUT2D eigenvalue weighted by atomic mass is 127. The molecule has 7 nitrogen and oxygen atoms in total. The second-order valence-corrected chi connectivity index (χ2v) is 13.0. The van der Waals surface area contributed by atoms with Gasteiger partial charge in [-0.1, -0.05) is 53.6 Å². The molecule has 1 aliphatic carbocycles. The summed E-state index contributed by atoms with van der Waals surface area (Å²) in [6.07, 6.45) is 9.43. The van der Waals surface area contributed by atoms with Gasteiger partial charge < -0.3 is 29.0 Å². The first kappa shape index (κ1) is 32.3. The van der Waals surface area contributed by atoms with Crippen LogP contribution in [0.25, 0.3) is 0 Å². The normalized spacial score (nSPS) is 22.0. The van der Waals surface area contributed by atoms with Gasteiger partial charge in [0.2, 0.25) is 0 Å². The number of hydrogen-bond acceptors (Lipinski definition) is 7. The van der Waals surface area contributed by atoms with Gasteiger partial charge in [0.25, 0.3) is 0 Å². The third-order valence-corrected chi connectivity index (χ3v) is 8.61. The summed E-state index contributed by atoms with van der Waals surface area (Å²) in [7, 11) is 3.35. The van der Waals surface area contributed by atoms with E-state index in [0.29, 0.717) is 22.3 Å². The molecule has 0 aromatic heterocycles. The maximum absolute atomic E-state index is 6.50. The molecule has 2 aromatic rings. The number of alkyl halides is 1. The Kier molecular flexibility index (Phi) is 13.8. The van der Waals surface area contributed by atoms with Crippen LogP contribution in [0.4, 0.5) is 0 Å². The zero-order valence-corrected chi connectivity index (χ0v) is 27.3. The van der Waals surface area contributed by atoms with Crippen molar-refractivity contribution in [2.24, 2.45) is 0 Å². The molecule has 1 aliphatic heterocycles. The van der Waals surface area contributed by atoms with Gasteiger partial charge in [-0.2, -0.15) is 0 Å². The summed E-state index contributed by atoms with van der Waals surface area (Å²) in [5.41, 5.74) is 2.50. The zero-order chi connectivity index (χ0) is 28.9. The van der Waals surface area contributed by atoms with Crippen molar-refractivity contribution in [2.75, 3.05) is 53.7 Å². The van der Waals surface area contributed by atoms with Crippen molar-refractivity contribution in [1.29, 1.82) is 0 Å². The molecular formula is C33H49IN2O5. The van der Waals surface area contributed by atoms with Gasteiger partial charge >= 0.3 is 0 Å². The van der Waals surface area contributed by atoms with Crippen LogP contribution in [0.1, 0.15) is 56.6 Å². The topological polar surface area (TPSA) is 61.4 Å². The van der Waals surface area contributed by atoms with Gasteiger partial charge in [-0.25, -0.2) is 0 Å². The van der Waals surface area contributed by atoms with Crippen LogP contribution in [0.3, 0.4) is 0 Å². The zero-order valence-electron chi connectivity index (χ0n) is 25.1. The van der Waals surface area contributed by atoms with Crippen molar-refractivity contribution in [1.82, 2.24) is 10.2 Å². The Labute approximate surface area is 260 Å². The number of halogens is 1. The molecule has 41 heavy (non-hydrogen) atoms. The molecule has 228 valence electrons. The highest BCUT2D eigenvalue weighted by Gasteiger charge is 2.35. The summed E-state index contributed by atoms with van der Waals surface area (Å²) in [6, 6.07) is 15.1. The Morgan fingerprint density at radius 3 is 2.39 bits per heavy atom. The first-order valence-corrected chi connectivity index (χ1v) is 16.6. The summed E-state index contributed by atoms with van der Waals surface area (Å²) >= 11 is 2.38. The molecule has 1 unspecified atom stereocenters. The smallest absolute Gasteiger partial charge is 0.160 e. The summed E-state index contributed by atoms with van der Waals surface area (Å²) in [4.78, 5) is 2.63. The number of ether oxygens (including phenoxy) is 5. The summed E-state index contributed by atoms with van der Waals surface area (Å²) < 4.78 is 30.0. The third-order valence-electron chi connectivity index (χ3n) is 8.17.